The Bertz CT molecular complexity index is 157. The summed E-state index contributed by atoms with van der Waals surface area (Å²) >= 11 is 4.67. The predicted octanol–water partition coefficient (Wildman–Crippen LogP) is -2.09. The molecule has 0 unspecified atom stereocenters. The number of carbonyl (C=O) groups is 2. The van der Waals surface area contributed by atoms with Crippen molar-refractivity contribution in [1.29, 1.82) is 0 Å². The Kier molecular flexibility index (Phi) is 16.9. The van der Waals surface area contributed by atoms with E-state index in [-0.39, 0.29) is 43.3 Å². The maximum absolute atomic E-state index is 9.49. The Morgan fingerprint density at radius 3 is 1.58 bits per heavy atom. The molecule has 0 saturated heterocycles. The Hall–Kier alpha value is 0.230. The quantitative estimate of drug-likeness (QED) is 0.302. The Balaban J connectivity index is -0.000000126. The van der Waals surface area contributed by atoms with Gasteiger partial charge in [-0.15, -0.1) is 11.6 Å². The van der Waals surface area contributed by atoms with E-state index >= 15 is 0 Å². The van der Waals surface area contributed by atoms with Crippen LogP contribution in [0.15, 0.2) is 12.2 Å². The van der Waals surface area contributed by atoms with E-state index in [1.54, 1.807) is 0 Å². The van der Waals surface area contributed by atoms with Crippen LogP contribution in [-0.2, 0) is 9.59 Å². The van der Waals surface area contributed by atoms with Crippen molar-refractivity contribution in [3.8, 4) is 0 Å². The monoisotopic (exact) mass is 218 g/mol. The van der Waals surface area contributed by atoms with E-state index in [0.717, 1.165) is 0 Å². The summed E-state index contributed by atoms with van der Waals surface area (Å²) in [5.74, 6) is -2.83. The first-order chi connectivity index (χ1) is 4.91. The van der Waals surface area contributed by atoms with Crippen molar-refractivity contribution in [2.75, 3.05) is 5.88 Å². The molecule has 0 rings (SSSR count). The van der Waals surface area contributed by atoms with Crippen LogP contribution in [0.3, 0.4) is 0 Å². The average molecular weight is 219 g/mol. The van der Waals surface area contributed by atoms with Crippen LogP contribution in [0.1, 0.15) is 6.92 Å². The molecule has 4 nitrogen and oxygen atoms in total. The van der Waals surface area contributed by atoms with Crippen molar-refractivity contribution in [3.63, 3.8) is 0 Å². The summed E-state index contributed by atoms with van der Waals surface area (Å²) in [4.78, 5) is 18.6. The Morgan fingerprint density at radius 2 is 1.58 bits per heavy atom. The van der Waals surface area contributed by atoms with Crippen molar-refractivity contribution in [1.82, 2.24) is 0 Å². The van der Waals surface area contributed by atoms with Crippen LogP contribution < -0.4 is 10.2 Å². The van der Waals surface area contributed by atoms with Gasteiger partial charge in [0.2, 0.25) is 0 Å². The molecule has 6 heteroatoms. The summed E-state index contributed by atoms with van der Waals surface area (Å²) in [5.41, 5.74) is 0.0648. The molecular weight excluding hydrogens is 212 g/mol. The molecule has 0 aliphatic carbocycles. The minimum absolute atomic E-state index is 0. The van der Waals surface area contributed by atoms with E-state index in [1.165, 1.54) is 6.92 Å². The molecule has 0 aromatic heterocycles. The van der Waals surface area contributed by atoms with Gasteiger partial charge in [0.05, 0.1) is 17.8 Å². The van der Waals surface area contributed by atoms with Gasteiger partial charge in [0.15, 0.2) is 0 Å². The fourth-order valence-electron chi connectivity index (χ4n) is 0. The van der Waals surface area contributed by atoms with Gasteiger partial charge in [0.1, 0.15) is 0 Å². The third-order valence-electron chi connectivity index (χ3n) is 0.458. The Labute approximate surface area is 105 Å². The van der Waals surface area contributed by atoms with E-state index < -0.39 is 17.8 Å². The molecule has 0 spiro atoms. The molecule has 0 aliphatic rings. The van der Waals surface area contributed by atoms with Gasteiger partial charge in [-0.1, -0.05) is 6.58 Å². The minimum atomic E-state index is -1.23. The van der Waals surface area contributed by atoms with Gasteiger partial charge >= 0.3 is 37.7 Å². The molecule has 0 bridgehead atoms. The first kappa shape index (κ1) is 18.1. The van der Waals surface area contributed by atoms with E-state index in [2.05, 4.69) is 18.2 Å². The van der Waals surface area contributed by atoms with Crippen LogP contribution in [0, 0.1) is 0 Å². The largest absolute Gasteiger partial charge is 2.00 e. The number of aliphatic carboxylic acids is 2. The molecule has 0 fully saturated rings. The molecule has 0 saturated carbocycles. The van der Waals surface area contributed by atoms with Crippen LogP contribution in [0.25, 0.3) is 0 Å². The number of hydrogen-bond acceptors (Lipinski definition) is 4. The average Bonchev–Trinajstić information content (AvgIpc) is 1.89. The van der Waals surface area contributed by atoms with Crippen LogP contribution in [-0.4, -0.2) is 55.6 Å². The third kappa shape index (κ3) is 22.5. The van der Waals surface area contributed by atoms with Crippen molar-refractivity contribution >= 4 is 61.3 Å². The molecule has 0 radical (unpaired) electrons. The third-order valence-corrected chi connectivity index (χ3v) is 0.676. The number of carboxylic acids is 2. The van der Waals surface area contributed by atoms with E-state index in [1.807, 2.05) is 0 Å². The van der Waals surface area contributed by atoms with Gasteiger partial charge < -0.3 is 19.8 Å². The fourth-order valence-corrected chi connectivity index (χ4v) is 0. The molecule has 12 heavy (non-hydrogen) atoms. The second kappa shape index (κ2) is 11.2. The van der Waals surface area contributed by atoms with Gasteiger partial charge in [-0.3, -0.25) is 0 Å². The minimum Gasteiger partial charge on any atom is -0.549 e. The van der Waals surface area contributed by atoms with Gasteiger partial charge in [-0.2, -0.15) is 0 Å². The molecule has 0 N–H and O–H groups in total. The summed E-state index contributed by atoms with van der Waals surface area (Å²) in [5, 5.41) is 18.6. The van der Waals surface area contributed by atoms with Gasteiger partial charge in [0, 0.05) is 0 Å². The smallest absolute Gasteiger partial charge is 0.549 e. The molecule has 0 amide bonds. The number of hydrogen-bond donors (Lipinski definition) is 0. The Morgan fingerprint density at radius 1 is 1.42 bits per heavy atom. The topological polar surface area (TPSA) is 80.3 Å². The number of rotatable bonds is 2. The van der Waals surface area contributed by atoms with Crippen molar-refractivity contribution in [2.24, 2.45) is 0 Å². The van der Waals surface area contributed by atoms with Gasteiger partial charge in [0.25, 0.3) is 0 Å². The van der Waals surface area contributed by atoms with Crippen LogP contribution >= 0.6 is 11.6 Å². The normalized spacial score (nSPS) is 6.83. The standard InChI is InChI=1S/C4H6O2.C2H3ClO2.Ca/c1-3(2)4(5)6;3-1-2(4)5;/h1H2,2H3,(H,5,6);1H2,(H,4,5);/q;;+2/p-2. The van der Waals surface area contributed by atoms with E-state index in [0.29, 0.717) is 0 Å². The molecular formula is C6H7CaClO4. The number of carbonyl (C=O) groups excluding carboxylic acids is 2. The van der Waals surface area contributed by atoms with E-state index in [4.69, 9.17) is 9.90 Å². The van der Waals surface area contributed by atoms with Crippen molar-refractivity contribution in [3.05, 3.63) is 12.2 Å². The molecule has 0 heterocycles. The zero-order valence-electron chi connectivity index (χ0n) is 6.63. The number of carboxylic acid groups (broad SMARTS) is 2. The van der Waals surface area contributed by atoms with Gasteiger partial charge in [-0.05, 0) is 12.5 Å². The van der Waals surface area contributed by atoms with Crippen LogP contribution in [0.4, 0.5) is 0 Å². The summed E-state index contributed by atoms with van der Waals surface area (Å²) in [6.45, 7) is 4.48. The maximum atomic E-state index is 9.49. The molecule has 0 aliphatic heterocycles. The summed E-state index contributed by atoms with van der Waals surface area (Å²) < 4.78 is 0. The first-order valence-electron chi connectivity index (χ1n) is 2.54. The summed E-state index contributed by atoms with van der Waals surface area (Å²) in [6, 6.07) is 0. The first-order valence-corrected chi connectivity index (χ1v) is 3.08. The number of halogens is 1. The molecule has 0 atom stereocenters. The second-order valence-electron chi connectivity index (χ2n) is 1.57. The zero-order chi connectivity index (χ0) is 9.44. The SMILES string of the molecule is C=C(C)C(=O)[O-].O=C([O-])CCl.[Ca+2]. The summed E-state index contributed by atoms with van der Waals surface area (Å²) in [6.07, 6.45) is 0. The fraction of sp³-hybridized carbons (Fsp3) is 0.333. The second-order valence-corrected chi connectivity index (χ2v) is 1.84. The molecule has 0 aromatic carbocycles. The number of alkyl halides is 1. The zero-order valence-corrected chi connectivity index (χ0v) is 9.60. The van der Waals surface area contributed by atoms with Crippen molar-refractivity contribution < 1.29 is 19.8 Å². The van der Waals surface area contributed by atoms with Crippen molar-refractivity contribution in [2.45, 2.75) is 6.92 Å². The van der Waals surface area contributed by atoms with Crippen LogP contribution in [0.2, 0.25) is 0 Å². The van der Waals surface area contributed by atoms with Crippen LogP contribution in [0.5, 0.6) is 0 Å². The maximum Gasteiger partial charge on any atom is 2.00 e. The van der Waals surface area contributed by atoms with E-state index in [9.17, 15) is 9.90 Å². The van der Waals surface area contributed by atoms with Gasteiger partial charge in [-0.25, -0.2) is 0 Å². The summed E-state index contributed by atoms with van der Waals surface area (Å²) in [7, 11) is 0. The predicted molar refractivity (Wildman–Crippen MR) is 41.3 cm³/mol. The molecule has 0 aromatic rings. The molecule has 64 valence electrons.